The maximum atomic E-state index is 5.08. The zero-order valence-electron chi connectivity index (χ0n) is 9.57. The highest BCUT2D eigenvalue weighted by molar-refractivity contribution is 7.98. The minimum atomic E-state index is 0.759. The molecule has 2 aromatic rings. The summed E-state index contributed by atoms with van der Waals surface area (Å²) >= 11 is 1.50. The van der Waals surface area contributed by atoms with E-state index in [0.717, 1.165) is 16.5 Å². The first-order chi connectivity index (χ1) is 8.33. The number of aromatic nitrogens is 3. The number of thioether (sulfide) groups is 1. The van der Waals surface area contributed by atoms with Crippen molar-refractivity contribution in [2.45, 2.75) is 5.16 Å². The molecule has 6 heteroatoms. The van der Waals surface area contributed by atoms with Gasteiger partial charge in [0.2, 0.25) is 5.16 Å². The Kier molecular flexibility index (Phi) is 3.77. The fraction of sp³-hybridized carbons (Fsp3) is 0.182. The summed E-state index contributed by atoms with van der Waals surface area (Å²) in [5.74, 6) is 0.830. The first-order valence-corrected chi connectivity index (χ1v) is 6.18. The molecule has 0 unspecified atom stereocenters. The van der Waals surface area contributed by atoms with E-state index in [1.54, 1.807) is 24.3 Å². The number of hydrogen-bond donors (Lipinski definition) is 0. The van der Waals surface area contributed by atoms with Crippen LogP contribution in [0.1, 0.15) is 5.56 Å². The molecule has 0 bridgehead atoms. The molecule has 1 aromatic heterocycles. The molecule has 0 fully saturated rings. The Hall–Kier alpha value is -1.82. The lowest BCUT2D eigenvalue weighted by Crippen LogP contribution is -1.91. The van der Waals surface area contributed by atoms with E-state index in [4.69, 9.17) is 4.74 Å². The molecule has 88 valence electrons. The standard InChI is InChI=1S/C11H12N4OS/c1-16-10-5-3-9(4-6-10)7-13-15-8-12-14-11(15)17-2/h3-8H,1-2H3/b13-7-. The van der Waals surface area contributed by atoms with Crippen LogP contribution in [0.2, 0.25) is 0 Å². The van der Waals surface area contributed by atoms with E-state index in [2.05, 4.69) is 15.3 Å². The molecule has 0 atom stereocenters. The minimum Gasteiger partial charge on any atom is -0.497 e. The van der Waals surface area contributed by atoms with Crippen LogP contribution < -0.4 is 4.74 Å². The zero-order chi connectivity index (χ0) is 12.1. The van der Waals surface area contributed by atoms with Gasteiger partial charge in [-0.1, -0.05) is 11.8 Å². The van der Waals surface area contributed by atoms with Gasteiger partial charge < -0.3 is 4.74 Å². The molecule has 17 heavy (non-hydrogen) atoms. The predicted molar refractivity (Wildman–Crippen MR) is 67.8 cm³/mol. The van der Waals surface area contributed by atoms with Crippen LogP contribution in [0, 0.1) is 0 Å². The van der Waals surface area contributed by atoms with E-state index in [0.29, 0.717) is 0 Å². The number of nitrogens with zero attached hydrogens (tertiary/aromatic N) is 4. The lowest BCUT2D eigenvalue weighted by atomic mass is 10.2. The molecule has 1 heterocycles. The van der Waals surface area contributed by atoms with Gasteiger partial charge in [0.15, 0.2) is 0 Å². The molecule has 2 rings (SSSR count). The van der Waals surface area contributed by atoms with Gasteiger partial charge in [-0.3, -0.25) is 0 Å². The third kappa shape index (κ3) is 2.85. The van der Waals surface area contributed by atoms with E-state index in [1.165, 1.54) is 11.8 Å². The summed E-state index contributed by atoms with van der Waals surface area (Å²) in [6.07, 6.45) is 5.26. The fourth-order valence-corrected chi connectivity index (χ4v) is 1.66. The monoisotopic (exact) mass is 248 g/mol. The number of methoxy groups -OCH3 is 1. The second kappa shape index (κ2) is 5.49. The number of hydrogen-bond acceptors (Lipinski definition) is 5. The van der Waals surface area contributed by atoms with Crippen LogP contribution in [0.4, 0.5) is 0 Å². The van der Waals surface area contributed by atoms with Gasteiger partial charge in [-0.05, 0) is 36.1 Å². The highest BCUT2D eigenvalue weighted by Gasteiger charge is 1.99. The van der Waals surface area contributed by atoms with Crippen molar-refractivity contribution in [2.24, 2.45) is 5.10 Å². The molecule has 0 aliphatic heterocycles. The summed E-state index contributed by atoms with van der Waals surface area (Å²) in [5, 5.41) is 12.7. The molecule has 0 N–H and O–H groups in total. The van der Waals surface area contributed by atoms with E-state index >= 15 is 0 Å². The smallest absolute Gasteiger partial charge is 0.211 e. The number of ether oxygens (including phenoxy) is 1. The summed E-state index contributed by atoms with van der Waals surface area (Å²) in [6, 6.07) is 7.66. The highest BCUT2D eigenvalue weighted by atomic mass is 32.2. The molecule has 5 nitrogen and oxygen atoms in total. The molecule has 0 aliphatic carbocycles. The van der Waals surface area contributed by atoms with Crippen molar-refractivity contribution in [3.8, 4) is 5.75 Å². The second-order valence-electron chi connectivity index (χ2n) is 3.18. The van der Waals surface area contributed by atoms with Crippen LogP contribution in [-0.2, 0) is 0 Å². The molecular formula is C11H12N4OS. The van der Waals surface area contributed by atoms with E-state index < -0.39 is 0 Å². The second-order valence-corrected chi connectivity index (χ2v) is 3.95. The van der Waals surface area contributed by atoms with Crippen LogP contribution in [-0.4, -0.2) is 34.5 Å². The summed E-state index contributed by atoms with van der Waals surface area (Å²) in [6.45, 7) is 0. The van der Waals surface area contributed by atoms with Crippen molar-refractivity contribution >= 4 is 18.0 Å². The zero-order valence-corrected chi connectivity index (χ0v) is 10.4. The summed E-state index contributed by atoms with van der Waals surface area (Å²) in [7, 11) is 1.64. The van der Waals surface area contributed by atoms with Crippen LogP contribution in [0.15, 0.2) is 40.9 Å². The van der Waals surface area contributed by atoms with Gasteiger partial charge in [-0.25, -0.2) is 0 Å². The van der Waals surface area contributed by atoms with Gasteiger partial charge in [0, 0.05) is 0 Å². The summed E-state index contributed by atoms with van der Waals surface area (Å²) in [4.78, 5) is 0. The Morgan fingerprint density at radius 1 is 1.35 bits per heavy atom. The van der Waals surface area contributed by atoms with E-state index in [1.807, 2.05) is 30.5 Å². The SMILES string of the molecule is COc1ccc(/C=N\n2cnnc2SC)cc1. The Balaban J connectivity index is 2.14. The van der Waals surface area contributed by atoms with Crippen molar-refractivity contribution < 1.29 is 4.74 Å². The quantitative estimate of drug-likeness (QED) is 0.612. The molecule has 1 aromatic carbocycles. The average Bonchev–Trinajstić information content (AvgIpc) is 2.84. The molecule has 0 saturated carbocycles. The van der Waals surface area contributed by atoms with Crippen molar-refractivity contribution in [1.29, 1.82) is 0 Å². The lowest BCUT2D eigenvalue weighted by molar-refractivity contribution is 0.415. The average molecular weight is 248 g/mol. The summed E-state index contributed by atoms with van der Waals surface area (Å²) < 4.78 is 6.72. The largest absolute Gasteiger partial charge is 0.497 e. The maximum absolute atomic E-state index is 5.08. The highest BCUT2D eigenvalue weighted by Crippen LogP contribution is 2.11. The molecule has 0 amide bonds. The third-order valence-electron chi connectivity index (χ3n) is 2.13. The Morgan fingerprint density at radius 3 is 2.76 bits per heavy atom. The van der Waals surface area contributed by atoms with Crippen molar-refractivity contribution in [3.05, 3.63) is 36.2 Å². The number of rotatable bonds is 4. The fourth-order valence-electron chi connectivity index (χ4n) is 1.25. The van der Waals surface area contributed by atoms with Gasteiger partial charge in [0.25, 0.3) is 0 Å². The first-order valence-electron chi connectivity index (χ1n) is 4.96. The summed E-state index contributed by atoms with van der Waals surface area (Å²) in [5.41, 5.74) is 0.992. The molecular weight excluding hydrogens is 236 g/mol. The first kappa shape index (κ1) is 11.7. The van der Waals surface area contributed by atoms with Gasteiger partial charge >= 0.3 is 0 Å². The van der Waals surface area contributed by atoms with Crippen LogP contribution in [0.3, 0.4) is 0 Å². The topological polar surface area (TPSA) is 52.3 Å². The van der Waals surface area contributed by atoms with Crippen molar-refractivity contribution in [1.82, 2.24) is 14.9 Å². The molecule has 0 saturated heterocycles. The number of benzene rings is 1. The van der Waals surface area contributed by atoms with Gasteiger partial charge in [-0.2, -0.15) is 9.78 Å². The Morgan fingerprint density at radius 2 is 2.12 bits per heavy atom. The Bertz CT molecular complexity index is 506. The van der Waals surface area contributed by atoms with Crippen molar-refractivity contribution in [2.75, 3.05) is 13.4 Å². The molecule has 0 spiro atoms. The predicted octanol–water partition coefficient (Wildman–Crippen LogP) is 1.89. The maximum Gasteiger partial charge on any atom is 0.211 e. The van der Waals surface area contributed by atoms with Gasteiger partial charge in [0.05, 0.1) is 13.3 Å². The van der Waals surface area contributed by atoms with Crippen molar-refractivity contribution in [3.63, 3.8) is 0 Å². The van der Waals surface area contributed by atoms with E-state index in [-0.39, 0.29) is 0 Å². The molecule has 0 radical (unpaired) electrons. The van der Waals surface area contributed by atoms with Gasteiger partial charge in [0.1, 0.15) is 12.1 Å². The normalized spacial score (nSPS) is 10.9. The van der Waals surface area contributed by atoms with Crippen LogP contribution in [0.25, 0.3) is 0 Å². The van der Waals surface area contributed by atoms with Gasteiger partial charge in [-0.15, -0.1) is 10.2 Å². The lowest BCUT2D eigenvalue weighted by Gasteiger charge is -1.99. The van der Waals surface area contributed by atoms with Crippen LogP contribution in [0.5, 0.6) is 5.75 Å². The van der Waals surface area contributed by atoms with E-state index in [9.17, 15) is 0 Å². The third-order valence-corrected chi connectivity index (χ3v) is 2.76. The van der Waals surface area contributed by atoms with Crippen LogP contribution >= 0.6 is 11.8 Å². The Labute approximate surface area is 104 Å². The minimum absolute atomic E-state index is 0.759. The molecule has 0 aliphatic rings.